The number of carbonyl (C=O) groups excluding carboxylic acids is 1. The van der Waals surface area contributed by atoms with Gasteiger partial charge in [-0.25, -0.2) is 14.8 Å². The summed E-state index contributed by atoms with van der Waals surface area (Å²) in [5.74, 6) is 1.01. The van der Waals surface area contributed by atoms with Crippen LogP contribution in [0.5, 0.6) is 0 Å². The number of rotatable bonds is 5. The summed E-state index contributed by atoms with van der Waals surface area (Å²) in [4.78, 5) is 28.5. The SMILES string of the molecule is CCOC(=O)N1CCN(c2nc(SC(C)C)nc3sc4c(c23)CC(C)(CC)OC4)CC1. The number of carbonyl (C=O) groups is 1. The van der Waals surface area contributed by atoms with Gasteiger partial charge in [0.2, 0.25) is 0 Å². The largest absolute Gasteiger partial charge is 0.450 e. The zero-order chi connectivity index (χ0) is 22.2. The van der Waals surface area contributed by atoms with Crippen LogP contribution in [0.3, 0.4) is 0 Å². The van der Waals surface area contributed by atoms with Crippen molar-refractivity contribution < 1.29 is 14.3 Å². The summed E-state index contributed by atoms with van der Waals surface area (Å²) in [7, 11) is 0. The Morgan fingerprint density at radius 3 is 2.65 bits per heavy atom. The fourth-order valence-electron chi connectivity index (χ4n) is 4.07. The molecule has 0 aliphatic carbocycles. The average molecular weight is 465 g/mol. The summed E-state index contributed by atoms with van der Waals surface area (Å²) in [6.07, 6.45) is 1.63. The molecule has 4 heterocycles. The standard InChI is InChI=1S/C22H32N4O3S2/c1-6-22(5)12-15-16(13-29-22)31-19-17(15)18(23-20(24-19)30-14(3)4)25-8-10-26(11-9-25)21(27)28-7-2/h14H,6-13H2,1-5H3. The summed E-state index contributed by atoms with van der Waals surface area (Å²) >= 11 is 3.44. The van der Waals surface area contributed by atoms with E-state index in [2.05, 4.69) is 32.6 Å². The van der Waals surface area contributed by atoms with Gasteiger partial charge in [0.05, 0.1) is 24.2 Å². The first-order valence-electron chi connectivity index (χ1n) is 11.1. The number of thioether (sulfide) groups is 1. The zero-order valence-corrected chi connectivity index (χ0v) is 20.7. The van der Waals surface area contributed by atoms with Crippen molar-refractivity contribution in [2.75, 3.05) is 37.7 Å². The van der Waals surface area contributed by atoms with Gasteiger partial charge >= 0.3 is 6.09 Å². The lowest BCUT2D eigenvalue weighted by molar-refractivity contribution is -0.0543. The highest BCUT2D eigenvalue weighted by Crippen LogP contribution is 2.43. The fourth-order valence-corrected chi connectivity index (χ4v) is 5.93. The van der Waals surface area contributed by atoms with Gasteiger partial charge in [0, 0.05) is 42.7 Å². The molecule has 31 heavy (non-hydrogen) atoms. The van der Waals surface area contributed by atoms with E-state index >= 15 is 0 Å². The molecule has 2 aliphatic heterocycles. The number of anilines is 1. The quantitative estimate of drug-likeness (QED) is 0.469. The smallest absolute Gasteiger partial charge is 0.409 e. The minimum atomic E-state index is -0.227. The number of hydrogen-bond acceptors (Lipinski definition) is 8. The second-order valence-corrected chi connectivity index (χ2v) is 11.2. The number of ether oxygens (including phenoxy) is 2. The fraction of sp³-hybridized carbons (Fsp3) is 0.682. The molecular weight excluding hydrogens is 432 g/mol. The van der Waals surface area contributed by atoms with Crippen LogP contribution in [0.1, 0.15) is 51.5 Å². The van der Waals surface area contributed by atoms with E-state index in [1.165, 1.54) is 15.8 Å². The van der Waals surface area contributed by atoms with Crippen molar-refractivity contribution in [1.29, 1.82) is 0 Å². The van der Waals surface area contributed by atoms with Gasteiger partial charge in [0.1, 0.15) is 10.6 Å². The summed E-state index contributed by atoms with van der Waals surface area (Å²) in [5, 5.41) is 2.41. The number of amides is 1. The highest BCUT2D eigenvalue weighted by atomic mass is 32.2. The maximum atomic E-state index is 12.1. The lowest BCUT2D eigenvalue weighted by Crippen LogP contribution is -2.49. The molecule has 0 bridgehead atoms. The number of fused-ring (bicyclic) bond motifs is 3. The van der Waals surface area contributed by atoms with E-state index in [9.17, 15) is 4.79 Å². The van der Waals surface area contributed by atoms with Gasteiger partial charge in [-0.1, -0.05) is 32.5 Å². The van der Waals surface area contributed by atoms with E-state index in [0.29, 0.717) is 31.6 Å². The first kappa shape index (κ1) is 22.6. The van der Waals surface area contributed by atoms with Gasteiger partial charge in [-0.2, -0.15) is 0 Å². The maximum Gasteiger partial charge on any atom is 0.409 e. The number of thiophene rings is 1. The highest BCUT2D eigenvalue weighted by Gasteiger charge is 2.34. The molecule has 1 fully saturated rings. The Bertz CT molecular complexity index is 956. The molecule has 0 N–H and O–H groups in total. The molecule has 1 amide bonds. The van der Waals surface area contributed by atoms with E-state index in [4.69, 9.17) is 19.4 Å². The first-order valence-corrected chi connectivity index (χ1v) is 12.8. The van der Waals surface area contributed by atoms with E-state index in [1.807, 2.05) is 6.92 Å². The molecule has 7 nitrogen and oxygen atoms in total. The third-order valence-electron chi connectivity index (χ3n) is 5.99. The molecule has 4 rings (SSSR count). The Labute approximate surface area is 192 Å². The van der Waals surface area contributed by atoms with Crippen molar-refractivity contribution >= 4 is 45.2 Å². The van der Waals surface area contributed by atoms with E-state index in [-0.39, 0.29) is 11.7 Å². The minimum Gasteiger partial charge on any atom is -0.450 e. The van der Waals surface area contributed by atoms with E-state index in [0.717, 1.165) is 41.7 Å². The normalized spacial score (nSPS) is 21.6. The average Bonchev–Trinajstić information content (AvgIpc) is 3.10. The van der Waals surface area contributed by atoms with Crippen LogP contribution < -0.4 is 4.90 Å². The molecular formula is C22H32N4O3S2. The van der Waals surface area contributed by atoms with Crippen molar-refractivity contribution in [2.45, 2.75) is 70.1 Å². The Hall–Kier alpha value is -1.58. The molecule has 0 spiro atoms. The van der Waals surface area contributed by atoms with Crippen molar-refractivity contribution in [1.82, 2.24) is 14.9 Å². The lowest BCUT2D eigenvalue weighted by atomic mass is 9.90. The second-order valence-electron chi connectivity index (χ2n) is 8.62. The summed E-state index contributed by atoms with van der Waals surface area (Å²) < 4.78 is 11.4. The zero-order valence-electron chi connectivity index (χ0n) is 19.1. The number of nitrogens with zero attached hydrogens (tertiary/aromatic N) is 4. The minimum absolute atomic E-state index is 0.147. The van der Waals surface area contributed by atoms with E-state index < -0.39 is 0 Å². The summed E-state index contributed by atoms with van der Waals surface area (Å²) in [6, 6.07) is 0. The molecule has 170 valence electrons. The number of piperazine rings is 1. The van der Waals surface area contributed by atoms with Crippen LogP contribution in [0, 0.1) is 0 Å². The van der Waals surface area contributed by atoms with Crippen LogP contribution in [0.25, 0.3) is 10.2 Å². The molecule has 1 saturated heterocycles. The Balaban J connectivity index is 1.71. The topological polar surface area (TPSA) is 67.8 Å². The summed E-state index contributed by atoms with van der Waals surface area (Å²) in [5.41, 5.74) is 1.20. The van der Waals surface area contributed by atoms with Gasteiger partial charge in [-0.15, -0.1) is 11.3 Å². The molecule has 9 heteroatoms. The predicted octanol–water partition coefficient (Wildman–Crippen LogP) is 4.71. The molecule has 0 aromatic carbocycles. The van der Waals surface area contributed by atoms with Crippen LogP contribution in [-0.2, 0) is 22.5 Å². The van der Waals surface area contributed by atoms with Gasteiger partial charge in [-0.05, 0) is 25.8 Å². The molecule has 0 saturated carbocycles. The highest BCUT2D eigenvalue weighted by molar-refractivity contribution is 7.99. The summed E-state index contributed by atoms with van der Waals surface area (Å²) in [6.45, 7) is 14.3. The van der Waals surface area contributed by atoms with Gasteiger partial charge in [0.15, 0.2) is 5.16 Å². The van der Waals surface area contributed by atoms with Crippen molar-refractivity contribution in [3.8, 4) is 0 Å². The molecule has 2 aliphatic rings. The van der Waals surface area contributed by atoms with Crippen LogP contribution in [0.15, 0.2) is 5.16 Å². The number of hydrogen-bond donors (Lipinski definition) is 0. The van der Waals surface area contributed by atoms with Crippen molar-refractivity contribution in [3.05, 3.63) is 10.4 Å². The molecule has 2 aromatic rings. The first-order chi connectivity index (χ1) is 14.8. The molecule has 1 unspecified atom stereocenters. The van der Waals surface area contributed by atoms with Crippen LogP contribution >= 0.6 is 23.1 Å². The number of aromatic nitrogens is 2. The molecule has 2 aromatic heterocycles. The Morgan fingerprint density at radius 2 is 2.00 bits per heavy atom. The van der Waals surface area contributed by atoms with E-state index in [1.54, 1.807) is 28.0 Å². The Kier molecular flexibility index (Phi) is 6.65. The predicted molar refractivity (Wildman–Crippen MR) is 126 cm³/mol. The third kappa shape index (κ3) is 4.64. The van der Waals surface area contributed by atoms with Crippen LogP contribution in [0.2, 0.25) is 0 Å². The monoisotopic (exact) mass is 464 g/mol. The molecule has 1 atom stereocenters. The van der Waals surface area contributed by atoms with Gasteiger partial charge < -0.3 is 19.3 Å². The van der Waals surface area contributed by atoms with Gasteiger partial charge in [0.25, 0.3) is 0 Å². The van der Waals surface area contributed by atoms with Crippen molar-refractivity contribution in [2.24, 2.45) is 0 Å². The van der Waals surface area contributed by atoms with Gasteiger partial charge in [-0.3, -0.25) is 0 Å². The Morgan fingerprint density at radius 1 is 1.26 bits per heavy atom. The third-order valence-corrected chi connectivity index (χ3v) is 7.96. The maximum absolute atomic E-state index is 12.1. The van der Waals surface area contributed by atoms with Crippen LogP contribution in [0.4, 0.5) is 10.6 Å². The van der Waals surface area contributed by atoms with Crippen molar-refractivity contribution in [3.63, 3.8) is 0 Å². The second kappa shape index (κ2) is 9.11. The van der Waals surface area contributed by atoms with Crippen LogP contribution in [-0.4, -0.2) is 64.6 Å². The lowest BCUT2D eigenvalue weighted by Gasteiger charge is -2.36. The molecule has 0 radical (unpaired) electrons.